The van der Waals surface area contributed by atoms with E-state index in [1.165, 1.54) is 7.11 Å². The first kappa shape index (κ1) is 22.5. The van der Waals surface area contributed by atoms with Gasteiger partial charge in [-0.1, -0.05) is 97.9 Å². The van der Waals surface area contributed by atoms with Crippen molar-refractivity contribution in [3.05, 3.63) is 101 Å². The minimum absolute atomic E-state index is 0.330. The fourth-order valence-electron chi connectivity index (χ4n) is 3.96. The molecule has 0 spiro atoms. The normalized spacial score (nSPS) is 13.1. The number of carbonyl (C=O) groups excluding carboxylic acids is 1. The van der Waals surface area contributed by atoms with Gasteiger partial charge in [-0.2, -0.15) is 0 Å². The van der Waals surface area contributed by atoms with Gasteiger partial charge < -0.3 is 4.74 Å². The van der Waals surface area contributed by atoms with E-state index in [9.17, 15) is 14.9 Å². The number of ether oxygens (including phenoxy) is 1. The van der Waals surface area contributed by atoms with Gasteiger partial charge in [0, 0.05) is 11.8 Å². The van der Waals surface area contributed by atoms with E-state index in [1.54, 1.807) is 13.8 Å². The molecule has 0 bridgehead atoms. The van der Waals surface area contributed by atoms with Crippen LogP contribution in [0.15, 0.2) is 91.0 Å². The molecule has 3 aromatic carbocycles. The number of benzene rings is 3. The van der Waals surface area contributed by atoms with E-state index in [-0.39, 0.29) is 4.92 Å². The molecular weight excluding hydrogens is 409 g/mol. The van der Waals surface area contributed by atoms with Crippen LogP contribution in [0.25, 0.3) is 0 Å². The Balaban J connectivity index is 2.63. The third-order valence-corrected chi connectivity index (χ3v) is 10.2. The summed E-state index contributed by atoms with van der Waals surface area (Å²) in [6.45, 7) is 0.550. The number of hydrogen-bond acceptors (Lipinski definition) is 4. The van der Waals surface area contributed by atoms with Crippen molar-refractivity contribution in [2.24, 2.45) is 5.92 Å². The van der Waals surface area contributed by atoms with Crippen LogP contribution in [0.4, 0.5) is 0 Å². The lowest BCUT2D eigenvalue weighted by Gasteiger charge is -2.34. The van der Waals surface area contributed by atoms with Crippen LogP contribution in [0.1, 0.15) is 13.8 Å². The number of rotatable bonds is 7. The summed E-state index contributed by atoms with van der Waals surface area (Å²) in [6.07, 6.45) is 0. The molecule has 5 nitrogen and oxygen atoms in total. The van der Waals surface area contributed by atoms with E-state index in [1.807, 2.05) is 91.0 Å². The molecule has 0 aromatic heterocycles. The van der Waals surface area contributed by atoms with Crippen LogP contribution in [-0.2, 0) is 9.53 Å². The highest BCUT2D eigenvalue weighted by atomic mass is 31.2. The molecule has 6 heteroatoms. The first-order valence-corrected chi connectivity index (χ1v) is 11.9. The Hall–Kier alpha value is -3.17. The van der Waals surface area contributed by atoms with Crippen LogP contribution >= 0.6 is 6.89 Å². The van der Waals surface area contributed by atoms with Crippen molar-refractivity contribution in [3.8, 4) is 0 Å². The molecule has 0 amide bonds. The van der Waals surface area contributed by atoms with Crippen LogP contribution in [-0.4, -0.2) is 29.3 Å². The van der Waals surface area contributed by atoms with Crippen LogP contribution in [0.3, 0.4) is 0 Å². The van der Waals surface area contributed by atoms with Gasteiger partial charge in [0.25, 0.3) is 0 Å². The standard InChI is InChI=1S/C25H26NO4P/c1-19(20(2)26(28)29)24(25(27)30-3)31(21-13-7-4-8-14-21,22-15-9-5-10-16-22)23-17-11-6-12-18-23/h4-20H,1-3H3/t19-,20+/m0/s1. The number of hydrogen-bond donors (Lipinski definition) is 0. The van der Waals surface area contributed by atoms with E-state index in [0.29, 0.717) is 5.29 Å². The molecule has 0 aliphatic rings. The fraction of sp³-hybridized carbons (Fsp3) is 0.200. The maximum absolute atomic E-state index is 13.4. The predicted octanol–water partition coefficient (Wildman–Crippen LogP) is 3.63. The minimum Gasteiger partial charge on any atom is -0.466 e. The second-order valence-electron chi connectivity index (χ2n) is 7.37. The van der Waals surface area contributed by atoms with E-state index in [0.717, 1.165) is 15.9 Å². The summed E-state index contributed by atoms with van der Waals surface area (Å²) in [6, 6.07) is 28.4. The van der Waals surface area contributed by atoms with Gasteiger partial charge in [0.2, 0.25) is 6.04 Å². The first-order valence-electron chi connectivity index (χ1n) is 10.1. The molecule has 0 N–H and O–H groups in total. The van der Waals surface area contributed by atoms with Crippen molar-refractivity contribution in [1.29, 1.82) is 0 Å². The third kappa shape index (κ3) is 4.19. The molecule has 3 aromatic rings. The molecule has 0 aliphatic heterocycles. The molecular formula is C25H26NO4P. The highest BCUT2D eigenvalue weighted by molar-refractivity contribution is 7.96. The summed E-state index contributed by atoms with van der Waals surface area (Å²) in [5.74, 6) is -1.15. The van der Waals surface area contributed by atoms with Gasteiger partial charge in [-0.3, -0.25) is 10.1 Å². The van der Waals surface area contributed by atoms with Gasteiger partial charge in [0.05, 0.1) is 18.3 Å². The maximum atomic E-state index is 13.4. The SMILES string of the molecule is COC(=O)C([C@@H](C)[C@@H](C)[N+](=O)[O-])=P(c1ccccc1)(c1ccccc1)c1ccccc1. The Kier molecular flexibility index (Phi) is 7.09. The number of methoxy groups -OCH3 is 1. The average molecular weight is 435 g/mol. The number of nitro groups is 1. The lowest BCUT2D eigenvalue weighted by Crippen LogP contribution is -2.41. The highest BCUT2D eigenvalue weighted by Crippen LogP contribution is 2.48. The third-order valence-electron chi connectivity index (χ3n) is 5.67. The zero-order chi connectivity index (χ0) is 22.4. The van der Waals surface area contributed by atoms with Crippen LogP contribution < -0.4 is 15.9 Å². The molecule has 3 rings (SSSR count). The Morgan fingerprint density at radius 2 is 1.16 bits per heavy atom. The number of nitrogens with zero attached hydrogens (tertiary/aromatic N) is 1. The topological polar surface area (TPSA) is 69.4 Å². The molecule has 0 saturated heterocycles. The zero-order valence-electron chi connectivity index (χ0n) is 17.8. The number of esters is 1. The Labute approximate surface area is 182 Å². The second-order valence-corrected chi connectivity index (χ2v) is 10.7. The van der Waals surface area contributed by atoms with Gasteiger partial charge in [-0.15, -0.1) is 0 Å². The lowest BCUT2D eigenvalue weighted by molar-refractivity contribution is -0.523. The number of carbonyl (C=O) groups is 1. The summed E-state index contributed by atoms with van der Waals surface area (Å²) in [5.41, 5.74) is 0. The summed E-state index contributed by atoms with van der Waals surface area (Å²) in [5, 5.41) is 15.1. The Bertz CT molecular complexity index is 995. The van der Waals surface area contributed by atoms with Crippen LogP contribution in [0.5, 0.6) is 0 Å². The van der Waals surface area contributed by atoms with Crippen molar-refractivity contribution >= 4 is 34.1 Å². The van der Waals surface area contributed by atoms with Crippen LogP contribution in [0.2, 0.25) is 0 Å². The Morgan fingerprint density at radius 1 is 0.806 bits per heavy atom. The summed E-state index contributed by atoms with van der Waals surface area (Å²) >= 11 is 0. The Morgan fingerprint density at radius 3 is 1.45 bits per heavy atom. The molecule has 2 atom stereocenters. The maximum Gasteiger partial charge on any atom is 0.335 e. The van der Waals surface area contributed by atoms with E-state index in [4.69, 9.17) is 4.74 Å². The van der Waals surface area contributed by atoms with Crippen molar-refractivity contribution in [2.45, 2.75) is 19.9 Å². The quantitative estimate of drug-likeness (QED) is 0.246. The molecule has 160 valence electrons. The molecule has 0 heterocycles. The van der Waals surface area contributed by atoms with Gasteiger partial charge in [0.15, 0.2) is 0 Å². The minimum atomic E-state index is -2.75. The van der Waals surface area contributed by atoms with Gasteiger partial charge in [0.1, 0.15) is 0 Å². The molecule has 0 fully saturated rings. The molecule has 0 aliphatic carbocycles. The monoisotopic (exact) mass is 435 g/mol. The molecule has 0 saturated carbocycles. The zero-order valence-corrected chi connectivity index (χ0v) is 18.7. The summed E-state index contributed by atoms with van der Waals surface area (Å²) < 4.78 is 5.26. The first-order chi connectivity index (χ1) is 14.9. The smallest absolute Gasteiger partial charge is 0.335 e. The van der Waals surface area contributed by atoms with Crippen LogP contribution in [0, 0.1) is 16.0 Å². The van der Waals surface area contributed by atoms with Gasteiger partial charge in [-0.25, -0.2) is 4.79 Å². The second kappa shape index (κ2) is 9.76. The lowest BCUT2D eigenvalue weighted by atomic mass is 10.0. The molecule has 31 heavy (non-hydrogen) atoms. The largest absolute Gasteiger partial charge is 0.466 e. The van der Waals surface area contributed by atoms with Gasteiger partial charge >= 0.3 is 5.97 Å². The fourth-order valence-corrected chi connectivity index (χ4v) is 8.74. The predicted molar refractivity (Wildman–Crippen MR) is 128 cm³/mol. The van der Waals surface area contributed by atoms with Crippen molar-refractivity contribution < 1.29 is 14.5 Å². The average Bonchev–Trinajstić information content (AvgIpc) is 2.82. The van der Waals surface area contributed by atoms with E-state index in [2.05, 4.69) is 0 Å². The summed E-state index contributed by atoms with van der Waals surface area (Å²) in [7, 11) is 1.33. The highest BCUT2D eigenvalue weighted by Gasteiger charge is 2.40. The molecule has 0 unspecified atom stereocenters. The van der Waals surface area contributed by atoms with E-state index < -0.39 is 24.8 Å². The molecule has 0 radical (unpaired) electrons. The summed E-state index contributed by atoms with van der Waals surface area (Å²) in [4.78, 5) is 24.8. The van der Waals surface area contributed by atoms with E-state index >= 15 is 0 Å². The van der Waals surface area contributed by atoms with Crippen molar-refractivity contribution in [2.75, 3.05) is 7.11 Å². The van der Waals surface area contributed by atoms with Gasteiger partial charge in [-0.05, 0) is 22.8 Å². The van der Waals surface area contributed by atoms with Crippen molar-refractivity contribution in [3.63, 3.8) is 0 Å². The van der Waals surface area contributed by atoms with Crippen molar-refractivity contribution in [1.82, 2.24) is 0 Å².